The van der Waals surface area contributed by atoms with Crippen LogP contribution < -0.4 is 5.11 Å². The van der Waals surface area contributed by atoms with Crippen LogP contribution in [0.1, 0.15) is 25.7 Å². The Labute approximate surface area is 211 Å². The van der Waals surface area contributed by atoms with E-state index in [2.05, 4.69) is 0 Å². The molecule has 0 aromatic heterocycles. The van der Waals surface area contributed by atoms with Gasteiger partial charge in [-0.1, -0.05) is 17.7 Å². The molecule has 1 aliphatic carbocycles. The van der Waals surface area contributed by atoms with Gasteiger partial charge in [0.2, 0.25) is 0 Å². The molecule has 1 atom stereocenters. The molecule has 0 heterocycles. The fourth-order valence-electron chi connectivity index (χ4n) is 3.04. The summed E-state index contributed by atoms with van der Waals surface area (Å²) in [6, 6.07) is 0. The van der Waals surface area contributed by atoms with E-state index in [9.17, 15) is 75.8 Å². The largest absolute Gasteiger partial charge is 0.549 e. The molecule has 1 rings (SSSR count). The van der Waals surface area contributed by atoms with E-state index in [0.717, 1.165) is 6.08 Å². The van der Waals surface area contributed by atoms with E-state index in [4.69, 9.17) is 0 Å². The van der Waals surface area contributed by atoms with Crippen LogP contribution in [0.2, 0.25) is 0 Å². The van der Waals surface area contributed by atoms with Gasteiger partial charge in [0.05, 0.1) is 11.9 Å². The van der Waals surface area contributed by atoms with Crippen molar-refractivity contribution in [3.63, 3.8) is 0 Å². The summed E-state index contributed by atoms with van der Waals surface area (Å²) in [7, 11) is 0. The fourth-order valence-corrected chi connectivity index (χ4v) is 3.86. The molecule has 0 radical (unpaired) electrons. The summed E-state index contributed by atoms with van der Waals surface area (Å²) in [6.45, 7) is 0. The zero-order valence-corrected chi connectivity index (χ0v) is 19.7. The average molecular weight is 685 g/mol. The van der Waals surface area contributed by atoms with Crippen LogP contribution in [0.25, 0.3) is 0 Å². The van der Waals surface area contributed by atoms with E-state index in [-0.39, 0.29) is 21.6 Å². The van der Waals surface area contributed by atoms with Gasteiger partial charge in [-0.15, -0.1) is 0 Å². The van der Waals surface area contributed by atoms with Gasteiger partial charge in [-0.25, -0.2) is 8.78 Å². The van der Waals surface area contributed by atoms with Gasteiger partial charge in [0.1, 0.15) is 0 Å². The predicted octanol–water partition coefficient (Wildman–Crippen LogP) is 7.10. The van der Waals surface area contributed by atoms with Gasteiger partial charge >= 0.3 is 35.8 Å². The number of halogens is 16. The molecule has 0 saturated heterocycles. The Morgan fingerprint density at radius 1 is 0.865 bits per heavy atom. The molecule has 0 aromatic carbocycles. The molecule has 37 heavy (non-hydrogen) atoms. The molecule has 0 bridgehead atoms. The Morgan fingerprint density at radius 2 is 1.35 bits per heavy atom. The zero-order valence-electron chi connectivity index (χ0n) is 17.6. The second kappa shape index (κ2) is 10.5. The van der Waals surface area contributed by atoms with Crippen molar-refractivity contribution < 1.29 is 75.8 Å². The smallest absolute Gasteiger partial charge is 0.460 e. The van der Waals surface area contributed by atoms with Crippen molar-refractivity contribution in [2.75, 3.05) is 0 Å². The highest BCUT2D eigenvalue weighted by Crippen LogP contribution is 2.60. The summed E-state index contributed by atoms with van der Waals surface area (Å²) < 4.78 is 197. The van der Waals surface area contributed by atoms with Crippen molar-refractivity contribution in [1.82, 2.24) is 0 Å². The number of unbranched alkanes of at least 4 members (excludes halogenated alkanes) is 1. The number of hydrogen-bond acceptors (Lipinski definition) is 2. The van der Waals surface area contributed by atoms with Crippen molar-refractivity contribution in [2.24, 2.45) is 5.92 Å². The third kappa shape index (κ3) is 6.17. The molecule has 18 heteroatoms. The Kier molecular flexibility index (Phi) is 9.48. The topological polar surface area (TPSA) is 40.1 Å². The van der Waals surface area contributed by atoms with Gasteiger partial charge < -0.3 is 9.90 Å². The van der Waals surface area contributed by atoms with Gasteiger partial charge in [0.15, 0.2) is 0 Å². The third-order valence-electron chi connectivity index (χ3n) is 5.02. The Bertz CT molecular complexity index is 948. The molecule has 0 saturated carbocycles. The van der Waals surface area contributed by atoms with Crippen LogP contribution in [0, 0.1) is 5.92 Å². The van der Waals surface area contributed by atoms with Crippen LogP contribution in [0.15, 0.2) is 33.5 Å². The summed E-state index contributed by atoms with van der Waals surface area (Å²) in [5.41, 5.74) is -0.366. The van der Waals surface area contributed by atoms with E-state index < -0.39 is 72.9 Å². The normalized spacial score (nSPS) is 20.2. The van der Waals surface area contributed by atoms with Crippen LogP contribution in [0.5, 0.6) is 0 Å². The summed E-state index contributed by atoms with van der Waals surface area (Å²) in [5.74, 6) is -45.7. The van der Waals surface area contributed by atoms with Crippen LogP contribution in [-0.4, -0.2) is 47.7 Å². The number of carboxylic acid groups (broad SMARTS) is 1. The van der Waals surface area contributed by atoms with Crippen molar-refractivity contribution in [3.8, 4) is 0 Å². The molecule has 0 amide bonds. The van der Waals surface area contributed by atoms with Gasteiger partial charge in [0.25, 0.3) is 5.92 Å². The van der Waals surface area contributed by atoms with Crippen molar-refractivity contribution in [3.05, 3.63) is 33.5 Å². The molecule has 0 spiro atoms. The lowest BCUT2D eigenvalue weighted by Gasteiger charge is -2.39. The third-order valence-corrected chi connectivity index (χ3v) is 5.64. The van der Waals surface area contributed by atoms with Crippen molar-refractivity contribution in [2.45, 2.75) is 67.4 Å². The van der Waals surface area contributed by atoms with Crippen LogP contribution in [0.3, 0.4) is 0 Å². The Hall–Kier alpha value is -1.63. The minimum absolute atomic E-state index is 0.00617. The Balaban J connectivity index is 2.95. The standard InChI is InChI=1S/C19H14F15IO2/c20-13(21)8-10(35)7-9(11(13)12(36)37)5-3-1-2-4-6-14(22,23)15(24,25)16(26,27)17(28,29)18(30,31)19(32,33)34/h2,4,7-8,11H,1,3,5-6H2,(H,36,37)/p-1. The van der Waals surface area contributed by atoms with Gasteiger partial charge in [-0.2, -0.15) is 57.1 Å². The van der Waals surface area contributed by atoms with Crippen LogP contribution >= 0.6 is 22.6 Å². The summed E-state index contributed by atoms with van der Waals surface area (Å²) in [5, 5.41) is 11.0. The molecular weight excluding hydrogens is 672 g/mol. The first-order chi connectivity index (χ1) is 16.3. The maximum atomic E-state index is 13.9. The maximum Gasteiger partial charge on any atom is 0.460 e. The highest BCUT2D eigenvalue weighted by Gasteiger charge is 2.90. The van der Waals surface area contributed by atoms with E-state index in [1.54, 1.807) is 0 Å². The molecule has 0 fully saturated rings. The minimum Gasteiger partial charge on any atom is -0.549 e. The molecule has 1 aliphatic rings. The number of rotatable bonds is 11. The fraction of sp³-hybridized carbons (Fsp3) is 0.632. The lowest BCUT2D eigenvalue weighted by molar-refractivity contribution is -0.439. The second-order valence-corrected chi connectivity index (χ2v) is 8.99. The quantitative estimate of drug-likeness (QED) is 0.101. The predicted molar refractivity (Wildman–Crippen MR) is 102 cm³/mol. The maximum absolute atomic E-state index is 13.9. The summed E-state index contributed by atoms with van der Waals surface area (Å²) in [4.78, 5) is 11.0. The lowest BCUT2D eigenvalue weighted by Crippen LogP contribution is -2.70. The molecule has 214 valence electrons. The summed E-state index contributed by atoms with van der Waals surface area (Å²) >= 11 is 1.44. The number of alkyl halides is 15. The van der Waals surface area contributed by atoms with Crippen LogP contribution in [-0.2, 0) is 4.79 Å². The van der Waals surface area contributed by atoms with Gasteiger partial charge in [-0.05, 0) is 54.0 Å². The Morgan fingerprint density at radius 3 is 1.81 bits per heavy atom. The highest BCUT2D eigenvalue weighted by molar-refractivity contribution is 14.1. The molecule has 0 N–H and O–H groups in total. The van der Waals surface area contributed by atoms with Gasteiger partial charge in [-0.3, -0.25) is 0 Å². The first kappa shape index (κ1) is 33.4. The average Bonchev–Trinajstić information content (AvgIpc) is 2.67. The first-order valence-corrected chi connectivity index (χ1v) is 10.6. The molecule has 1 unspecified atom stereocenters. The van der Waals surface area contributed by atoms with Crippen LogP contribution in [0.4, 0.5) is 65.9 Å². The second-order valence-electron chi connectivity index (χ2n) is 7.74. The molecule has 0 aromatic rings. The minimum atomic E-state index is -7.98. The SMILES string of the molecule is O=C([O-])C1C(CCCC=CCC(F)(F)C(F)(F)C(F)(F)C(F)(F)C(F)(F)C(F)(F)F)=CC(I)=CC1(F)F. The molecular formula is C19H13F15IO2-. The van der Waals surface area contributed by atoms with E-state index >= 15 is 0 Å². The number of carbonyl (C=O) groups is 1. The van der Waals surface area contributed by atoms with Crippen molar-refractivity contribution >= 4 is 28.6 Å². The molecule has 0 aliphatic heterocycles. The summed E-state index contributed by atoms with van der Waals surface area (Å²) in [6.07, 6.45) is -9.29. The van der Waals surface area contributed by atoms with E-state index in [1.165, 1.54) is 22.6 Å². The van der Waals surface area contributed by atoms with E-state index in [0.29, 0.717) is 12.2 Å². The zero-order chi connectivity index (χ0) is 29.5. The number of aliphatic carboxylic acids is 1. The first-order valence-electron chi connectivity index (χ1n) is 9.56. The van der Waals surface area contributed by atoms with Gasteiger partial charge in [0, 0.05) is 10.0 Å². The monoisotopic (exact) mass is 685 g/mol. The van der Waals surface area contributed by atoms with Crippen molar-refractivity contribution in [1.29, 1.82) is 0 Å². The number of carbonyl (C=O) groups excluding carboxylic acids is 1. The number of hydrogen-bond donors (Lipinski definition) is 0. The number of allylic oxidation sites excluding steroid dienone is 5. The number of carboxylic acids is 1. The molecule has 2 nitrogen and oxygen atoms in total. The van der Waals surface area contributed by atoms with E-state index in [1.807, 2.05) is 0 Å². The highest BCUT2D eigenvalue weighted by atomic mass is 127. The lowest BCUT2D eigenvalue weighted by atomic mass is 9.85.